The van der Waals surface area contributed by atoms with Gasteiger partial charge >= 0.3 is 5.97 Å². The average molecular weight is 493 g/mol. The molecule has 0 bridgehead atoms. The smallest absolute Gasteiger partial charge is 0.340 e. The quantitative estimate of drug-likeness (QED) is 0.348. The molecule has 0 aromatic heterocycles. The van der Waals surface area contributed by atoms with Gasteiger partial charge in [0.1, 0.15) is 11.6 Å². The van der Waals surface area contributed by atoms with Crippen LogP contribution in [0.25, 0.3) is 0 Å². The lowest BCUT2D eigenvalue weighted by Gasteiger charge is -2.23. The number of rotatable bonds is 12. The molecule has 190 valence electrons. The molecule has 0 aliphatic carbocycles. The summed E-state index contributed by atoms with van der Waals surface area (Å²) in [4.78, 5) is 38.3. The van der Waals surface area contributed by atoms with Crippen molar-refractivity contribution < 1.29 is 37.4 Å². The Bertz CT molecular complexity index is 1060. The topological polar surface area (TPSA) is 94.2 Å². The zero-order chi connectivity index (χ0) is 26.0. The molecular weight excluding hydrogens is 462 g/mol. The fraction of sp³-hybridized carbons (Fsp3) is 0.400. The molecule has 2 aromatic rings. The van der Waals surface area contributed by atoms with Crippen molar-refractivity contribution in [3.05, 3.63) is 53.1 Å². The molecule has 0 heterocycles. The van der Waals surface area contributed by atoms with Gasteiger partial charge in [-0.15, -0.1) is 0 Å². The Kier molecular flexibility index (Phi) is 10.4. The highest BCUT2D eigenvalue weighted by Crippen LogP contribution is 2.34. The first-order valence-corrected chi connectivity index (χ1v) is 11.2. The van der Waals surface area contributed by atoms with Crippen molar-refractivity contribution in [1.82, 2.24) is 4.90 Å². The third-order valence-corrected chi connectivity index (χ3v) is 5.08. The van der Waals surface area contributed by atoms with Gasteiger partial charge in [0.05, 0.1) is 37.6 Å². The Morgan fingerprint density at radius 1 is 0.971 bits per heavy atom. The Morgan fingerprint density at radius 3 is 2.31 bits per heavy atom. The maximum Gasteiger partial charge on any atom is 0.340 e. The fourth-order valence-corrected chi connectivity index (χ4v) is 3.31. The van der Waals surface area contributed by atoms with Gasteiger partial charge in [-0.05, 0) is 25.0 Å². The van der Waals surface area contributed by atoms with Crippen LogP contribution in [0.3, 0.4) is 0 Å². The summed E-state index contributed by atoms with van der Waals surface area (Å²) in [5, 5.41) is 2.64. The van der Waals surface area contributed by atoms with Gasteiger partial charge in [-0.2, -0.15) is 0 Å². The SMILES string of the molecule is CCCN(CCCOc1cc(C(=O)OC)c(NC(=O)CC)cc1OC)C(=O)c1ccc(F)cc1F. The number of hydrogen-bond acceptors (Lipinski definition) is 6. The second kappa shape index (κ2) is 13.3. The van der Waals surface area contributed by atoms with Crippen LogP contribution in [-0.4, -0.2) is 56.6 Å². The van der Waals surface area contributed by atoms with Crippen molar-refractivity contribution in [3.8, 4) is 11.5 Å². The second-order valence-electron chi connectivity index (χ2n) is 7.56. The van der Waals surface area contributed by atoms with Crippen LogP contribution in [-0.2, 0) is 9.53 Å². The zero-order valence-corrected chi connectivity index (χ0v) is 20.3. The highest BCUT2D eigenvalue weighted by molar-refractivity contribution is 6.02. The molecule has 0 saturated heterocycles. The van der Waals surface area contributed by atoms with Crippen LogP contribution in [0.1, 0.15) is 53.8 Å². The van der Waals surface area contributed by atoms with E-state index < -0.39 is 23.5 Å². The number of amides is 2. The lowest BCUT2D eigenvalue weighted by molar-refractivity contribution is -0.115. The largest absolute Gasteiger partial charge is 0.493 e. The van der Waals surface area contributed by atoms with Crippen molar-refractivity contribution >= 4 is 23.5 Å². The van der Waals surface area contributed by atoms with Gasteiger partial charge in [-0.25, -0.2) is 13.6 Å². The van der Waals surface area contributed by atoms with E-state index in [9.17, 15) is 23.2 Å². The first-order chi connectivity index (χ1) is 16.7. The predicted molar refractivity (Wildman–Crippen MR) is 126 cm³/mol. The van der Waals surface area contributed by atoms with Crippen LogP contribution < -0.4 is 14.8 Å². The minimum atomic E-state index is -0.914. The Labute approximate surface area is 203 Å². The van der Waals surface area contributed by atoms with Gasteiger partial charge in [0.25, 0.3) is 5.91 Å². The molecule has 0 saturated carbocycles. The number of carbonyl (C=O) groups is 3. The van der Waals surface area contributed by atoms with E-state index >= 15 is 0 Å². The maximum absolute atomic E-state index is 14.1. The number of carbonyl (C=O) groups excluding carboxylic acids is 3. The van der Waals surface area contributed by atoms with Crippen LogP contribution in [0, 0.1) is 11.6 Å². The number of nitrogens with zero attached hydrogens (tertiary/aromatic N) is 1. The summed E-state index contributed by atoms with van der Waals surface area (Å²) in [6, 6.07) is 5.74. The Balaban J connectivity index is 2.13. The van der Waals surface area contributed by atoms with E-state index in [-0.39, 0.29) is 48.0 Å². The van der Waals surface area contributed by atoms with Crippen molar-refractivity contribution in [3.63, 3.8) is 0 Å². The average Bonchev–Trinajstić information content (AvgIpc) is 2.85. The van der Waals surface area contributed by atoms with Crippen LogP contribution in [0.2, 0.25) is 0 Å². The fourth-order valence-electron chi connectivity index (χ4n) is 3.31. The summed E-state index contributed by atoms with van der Waals surface area (Å²) in [5.41, 5.74) is 0.128. The molecule has 1 N–H and O–H groups in total. The van der Waals surface area contributed by atoms with E-state index in [0.29, 0.717) is 31.2 Å². The third-order valence-electron chi connectivity index (χ3n) is 5.08. The number of nitrogens with one attached hydrogen (secondary N) is 1. The summed E-state index contributed by atoms with van der Waals surface area (Å²) in [7, 11) is 2.64. The summed E-state index contributed by atoms with van der Waals surface area (Å²) in [6.45, 7) is 4.36. The first kappa shape index (κ1) is 27.6. The van der Waals surface area contributed by atoms with E-state index in [2.05, 4.69) is 5.32 Å². The molecule has 0 spiro atoms. The molecule has 0 aliphatic heterocycles. The number of anilines is 1. The van der Waals surface area contributed by atoms with Crippen LogP contribution in [0.4, 0.5) is 14.5 Å². The lowest BCUT2D eigenvalue weighted by atomic mass is 10.1. The number of benzene rings is 2. The molecule has 2 rings (SSSR count). The molecule has 10 heteroatoms. The molecule has 0 atom stereocenters. The Morgan fingerprint density at radius 2 is 1.71 bits per heavy atom. The summed E-state index contributed by atoms with van der Waals surface area (Å²) >= 11 is 0. The summed E-state index contributed by atoms with van der Waals surface area (Å²) < 4.78 is 43.2. The second-order valence-corrected chi connectivity index (χ2v) is 7.56. The minimum Gasteiger partial charge on any atom is -0.493 e. The number of methoxy groups -OCH3 is 2. The number of halogens is 2. The zero-order valence-electron chi connectivity index (χ0n) is 20.3. The molecule has 2 aromatic carbocycles. The number of esters is 1. The highest BCUT2D eigenvalue weighted by Gasteiger charge is 2.21. The normalized spacial score (nSPS) is 10.5. The van der Waals surface area contributed by atoms with E-state index in [1.165, 1.54) is 31.3 Å². The number of ether oxygens (including phenoxy) is 3. The third kappa shape index (κ3) is 7.40. The van der Waals surface area contributed by atoms with E-state index in [1.807, 2.05) is 6.92 Å². The summed E-state index contributed by atoms with van der Waals surface area (Å²) in [6.07, 6.45) is 1.26. The predicted octanol–water partition coefficient (Wildman–Crippen LogP) is 4.43. The molecule has 2 amide bonds. The molecule has 0 unspecified atom stereocenters. The molecule has 8 nitrogen and oxygen atoms in total. The first-order valence-electron chi connectivity index (χ1n) is 11.2. The van der Waals surface area contributed by atoms with Gasteiger partial charge < -0.3 is 24.4 Å². The van der Waals surface area contributed by atoms with Gasteiger partial charge in [0.15, 0.2) is 11.5 Å². The van der Waals surface area contributed by atoms with E-state index in [0.717, 1.165) is 12.1 Å². The van der Waals surface area contributed by atoms with Crippen LogP contribution >= 0.6 is 0 Å². The van der Waals surface area contributed by atoms with Crippen molar-refractivity contribution in [2.75, 3.05) is 39.2 Å². The van der Waals surface area contributed by atoms with Gasteiger partial charge in [0.2, 0.25) is 5.91 Å². The molecule has 0 fully saturated rings. The Hall–Kier alpha value is -3.69. The standard InChI is InChI=1S/C25H30F2N2O6/c1-5-10-29(24(31)17-9-8-16(26)13-19(17)27)11-7-12-35-22-14-18(25(32)34-4)20(15-21(22)33-3)28-23(30)6-2/h8-9,13-15H,5-7,10-12H2,1-4H3,(H,28,30). The summed E-state index contributed by atoms with van der Waals surface area (Å²) in [5.74, 6) is -2.61. The van der Waals surface area contributed by atoms with Crippen molar-refractivity contribution in [1.29, 1.82) is 0 Å². The number of hydrogen-bond donors (Lipinski definition) is 1. The molecular formula is C25H30F2N2O6. The maximum atomic E-state index is 14.1. The monoisotopic (exact) mass is 492 g/mol. The van der Waals surface area contributed by atoms with Crippen LogP contribution in [0.5, 0.6) is 11.5 Å². The van der Waals surface area contributed by atoms with Gasteiger partial charge in [0, 0.05) is 37.7 Å². The van der Waals surface area contributed by atoms with Gasteiger partial charge in [-0.3, -0.25) is 9.59 Å². The van der Waals surface area contributed by atoms with Crippen molar-refractivity contribution in [2.24, 2.45) is 0 Å². The highest BCUT2D eigenvalue weighted by atomic mass is 19.1. The lowest BCUT2D eigenvalue weighted by Crippen LogP contribution is -2.34. The molecule has 0 aliphatic rings. The minimum absolute atomic E-state index is 0.0969. The molecule has 35 heavy (non-hydrogen) atoms. The molecule has 0 radical (unpaired) electrons. The van der Waals surface area contributed by atoms with Gasteiger partial charge in [-0.1, -0.05) is 13.8 Å². The van der Waals surface area contributed by atoms with E-state index in [4.69, 9.17) is 14.2 Å². The van der Waals surface area contributed by atoms with Crippen LogP contribution in [0.15, 0.2) is 30.3 Å². The van der Waals surface area contributed by atoms with E-state index in [1.54, 1.807) is 6.92 Å². The van der Waals surface area contributed by atoms with Crippen molar-refractivity contribution in [2.45, 2.75) is 33.1 Å².